The van der Waals surface area contributed by atoms with E-state index in [1.54, 1.807) is 12.4 Å². The summed E-state index contributed by atoms with van der Waals surface area (Å²) in [7, 11) is -12.2. The number of halogens is 6. The quantitative estimate of drug-likeness (QED) is 0.0574. The van der Waals surface area contributed by atoms with Gasteiger partial charge in [0, 0.05) is 58.0 Å². The Labute approximate surface area is 431 Å². The van der Waals surface area contributed by atoms with Crippen molar-refractivity contribution in [1.82, 2.24) is 34.9 Å². The third-order valence-corrected chi connectivity index (χ3v) is 11.4. The van der Waals surface area contributed by atoms with Gasteiger partial charge in [0.25, 0.3) is 0 Å². The summed E-state index contributed by atoms with van der Waals surface area (Å²) in [6.45, 7) is 0. The topological polar surface area (TPSA) is 208 Å². The molecule has 0 saturated heterocycles. The summed E-state index contributed by atoms with van der Waals surface area (Å²) in [6.07, 6.45) is 11.0. The minimum atomic E-state index is -6.09. The van der Waals surface area contributed by atoms with Gasteiger partial charge in [-0.05, 0) is 82.9 Å². The second-order valence-electron chi connectivity index (χ2n) is 15.0. The predicted octanol–water partition coefficient (Wildman–Crippen LogP) is 12.1. The van der Waals surface area contributed by atoms with Crippen LogP contribution in [0.1, 0.15) is 0 Å². The smallest absolute Gasteiger partial charge is 0.741 e. The van der Waals surface area contributed by atoms with Crippen LogP contribution in [0.2, 0.25) is 0 Å². The van der Waals surface area contributed by atoms with Gasteiger partial charge in [-0.15, -0.1) is 0 Å². The van der Waals surface area contributed by atoms with Crippen molar-refractivity contribution in [2.75, 3.05) is 0 Å². The maximum atomic E-state index is 10.7. The van der Waals surface area contributed by atoms with Gasteiger partial charge in [-0.1, -0.05) is 109 Å². The molecular weight excluding hydrogens is 1100 g/mol. The Morgan fingerprint density at radius 2 is 0.797 bits per heavy atom. The predicted molar refractivity (Wildman–Crippen MR) is 264 cm³/mol. The van der Waals surface area contributed by atoms with Gasteiger partial charge < -0.3 is 14.1 Å². The van der Waals surface area contributed by atoms with E-state index >= 15 is 0 Å². The number of nitrogens with one attached hydrogen (secondary N) is 1. The van der Waals surface area contributed by atoms with Crippen molar-refractivity contribution in [1.29, 1.82) is 0 Å². The molecule has 1 N–H and O–H groups in total. The first-order chi connectivity index (χ1) is 34.8. The molecule has 0 spiro atoms. The third kappa shape index (κ3) is 14.0. The standard InChI is InChI=1S/C24H16N2.C15H11N3.C11H8N2.2CHF3O3S.Ru/c1-3-7-17(8-4-1)19-13-15-25-23-21(19)11-12-22-20(14-16-26-24(22)23)18-9-5-2-6-10-18;1-3-10-16-12(6-1)14-8-5-9-15(18-14)13-7-2-4-11-17-13;1-2-4-10-8(3-1)9-5-6-12-7-11(9)13-10;2*2-1(3,4)8(5,6)7;/h1-16H;1-11H;1-7,13H;2*(H,5,6,7);/q;;;;;+2/p-2. The molecule has 0 fully saturated rings. The van der Waals surface area contributed by atoms with E-state index < -0.39 is 31.3 Å². The summed E-state index contributed by atoms with van der Waals surface area (Å²) in [5.74, 6) is 0. The monoisotopic (exact) mass is 1130 g/mol. The Bertz CT molecular complexity index is 3610. The number of benzene rings is 4. The zero-order valence-electron chi connectivity index (χ0n) is 37.7. The number of pyridine rings is 6. The first-order valence-corrected chi connectivity index (χ1v) is 24.0. The number of hydrogen-bond donors (Lipinski definition) is 1. The minimum absolute atomic E-state index is 0. The molecule has 74 heavy (non-hydrogen) atoms. The molecule has 4 aromatic carbocycles. The fourth-order valence-corrected chi connectivity index (χ4v) is 7.02. The van der Waals surface area contributed by atoms with E-state index in [2.05, 4.69) is 126 Å². The number of alkyl halides is 6. The second kappa shape index (κ2) is 24.2. The van der Waals surface area contributed by atoms with Gasteiger partial charge in [0.2, 0.25) is 0 Å². The molecule has 0 aliphatic carbocycles. The van der Waals surface area contributed by atoms with Crippen molar-refractivity contribution in [3.63, 3.8) is 0 Å². The van der Waals surface area contributed by atoms with Crippen LogP contribution in [-0.4, -0.2) is 71.8 Å². The number of aromatic amines is 1. The molecule has 0 bridgehead atoms. The molecule has 376 valence electrons. The summed E-state index contributed by atoms with van der Waals surface area (Å²) in [6, 6.07) is 57.1. The number of para-hydroxylation sites is 1. The Kier molecular flexibility index (Phi) is 18.2. The van der Waals surface area contributed by atoms with Crippen LogP contribution in [0.3, 0.4) is 0 Å². The van der Waals surface area contributed by atoms with Crippen molar-refractivity contribution in [2.24, 2.45) is 0 Å². The molecule has 0 saturated carbocycles. The number of fused-ring (bicyclic) bond motifs is 6. The van der Waals surface area contributed by atoms with Crippen LogP contribution in [0.15, 0.2) is 207 Å². The Hall–Kier alpha value is -7.88. The van der Waals surface area contributed by atoms with Crippen molar-refractivity contribution in [3.8, 4) is 45.0 Å². The van der Waals surface area contributed by atoms with Crippen LogP contribution in [0.25, 0.3) is 88.6 Å². The number of rotatable bonds is 4. The summed E-state index contributed by atoms with van der Waals surface area (Å²) in [4.78, 5) is 29.9. The molecule has 11 aromatic rings. The summed E-state index contributed by atoms with van der Waals surface area (Å²) in [5, 5.41) is 4.76. The fourth-order valence-electron chi connectivity index (χ4n) is 7.02. The van der Waals surface area contributed by atoms with Crippen LogP contribution in [0.4, 0.5) is 26.3 Å². The largest absolute Gasteiger partial charge is 2.00 e. The van der Waals surface area contributed by atoms with E-state index in [0.29, 0.717) is 0 Å². The molecule has 13 nitrogen and oxygen atoms in total. The maximum absolute atomic E-state index is 10.7. The van der Waals surface area contributed by atoms with Crippen LogP contribution >= 0.6 is 0 Å². The Morgan fingerprint density at radius 3 is 1.23 bits per heavy atom. The number of aromatic nitrogens is 7. The zero-order valence-corrected chi connectivity index (χ0v) is 41.1. The van der Waals surface area contributed by atoms with E-state index in [0.717, 1.165) is 50.1 Å². The molecule has 7 aromatic heterocycles. The molecule has 11 rings (SSSR count). The van der Waals surface area contributed by atoms with Crippen molar-refractivity contribution in [3.05, 3.63) is 207 Å². The van der Waals surface area contributed by atoms with E-state index in [9.17, 15) is 26.3 Å². The summed E-state index contributed by atoms with van der Waals surface area (Å²) < 4.78 is 118. The Morgan fingerprint density at radius 1 is 0.392 bits per heavy atom. The van der Waals surface area contributed by atoms with E-state index in [1.165, 1.54) is 38.5 Å². The van der Waals surface area contributed by atoms with Crippen LogP contribution in [0.5, 0.6) is 0 Å². The summed E-state index contributed by atoms with van der Waals surface area (Å²) >= 11 is 0. The first-order valence-electron chi connectivity index (χ1n) is 21.2. The molecule has 0 aliphatic rings. The van der Waals surface area contributed by atoms with Crippen molar-refractivity contribution in [2.45, 2.75) is 11.0 Å². The van der Waals surface area contributed by atoms with E-state index in [4.69, 9.17) is 25.9 Å². The molecule has 0 unspecified atom stereocenters. The minimum Gasteiger partial charge on any atom is -0.741 e. The second-order valence-corrected chi connectivity index (χ2v) is 17.8. The first kappa shape index (κ1) is 55.4. The van der Waals surface area contributed by atoms with Crippen molar-refractivity contribution < 1.29 is 71.8 Å². The molecule has 7 heterocycles. The third-order valence-electron chi connectivity index (χ3n) is 10.3. The van der Waals surface area contributed by atoms with Crippen molar-refractivity contribution >= 4 is 63.8 Å². The molecule has 22 heteroatoms. The molecular formula is C52H35F6N7O6RuS2. The van der Waals surface area contributed by atoms with Gasteiger partial charge >= 0.3 is 30.5 Å². The molecule has 0 aliphatic heterocycles. The SMILES string of the molecule is O=S(=O)([O-])C(F)(F)F.O=S(=O)([O-])C(F)(F)F.[Ru+2].c1ccc(-c2cccc(-c3ccccn3)n2)nc1.c1ccc(-c2ccnc3c2ccc2c(-c4ccccc4)ccnc23)cc1.c1ccc2c(c1)[nH]c1cnccc12. The average molecular weight is 1130 g/mol. The Balaban J connectivity index is 0.000000163. The van der Waals surface area contributed by atoms with Gasteiger partial charge in [0.1, 0.15) is 0 Å². The normalized spacial score (nSPS) is 11.4. The molecule has 0 amide bonds. The van der Waals surface area contributed by atoms with Crippen LogP contribution in [-0.2, 0) is 39.7 Å². The van der Waals surface area contributed by atoms with Gasteiger partial charge in [0.15, 0.2) is 20.2 Å². The van der Waals surface area contributed by atoms with Gasteiger partial charge in [0.05, 0.1) is 45.5 Å². The number of H-pyrrole nitrogens is 1. The summed E-state index contributed by atoms with van der Waals surface area (Å²) in [5.41, 5.74) is 1.09. The number of nitrogens with zero attached hydrogens (tertiary/aromatic N) is 6. The van der Waals surface area contributed by atoms with Crippen LogP contribution in [0, 0.1) is 0 Å². The maximum Gasteiger partial charge on any atom is 2.00 e. The van der Waals surface area contributed by atoms with Crippen LogP contribution < -0.4 is 0 Å². The number of hydrogen-bond acceptors (Lipinski definition) is 12. The average Bonchev–Trinajstić information content (AvgIpc) is 3.78. The fraction of sp³-hybridized carbons (Fsp3) is 0.0385. The van der Waals surface area contributed by atoms with E-state index in [-0.39, 0.29) is 19.5 Å². The van der Waals surface area contributed by atoms with Gasteiger partial charge in [-0.25, -0.2) is 21.8 Å². The molecule has 0 atom stereocenters. The van der Waals surface area contributed by atoms with E-state index in [1.807, 2.05) is 104 Å². The van der Waals surface area contributed by atoms with Gasteiger partial charge in [-0.2, -0.15) is 26.3 Å². The molecule has 0 radical (unpaired) electrons. The zero-order chi connectivity index (χ0) is 52.2. The van der Waals surface area contributed by atoms with Gasteiger partial charge in [-0.3, -0.25) is 24.9 Å².